The number of halogens is 1. The maximum Gasteiger partial charge on any atom is 1.00 e. The van der Waals surface area contributed by atoms with Crippen molar-refractivity contribution >= 4 is 11.6 Å². The van der Waals surface area contributed by atoms with Gasteiger partial charge in [0, 0.05) is 0 Å². The summed E-state index contributed by atoms with van der Waals surface area (Å²) in [6.45, 7) is 3.29. The van der Waals surface area contributed by atoms with E-state index in [9.17, 15) is 0 Å². The maximum absolute atomic E-state index is 4.94. The van der Waals surface area contributed by atoms with E-state index < -0.39 is 0 Å². The second-order valence-corrected chi connectivity index (χ2v) is 0.614. The summed E-state index contributed by atoms with van der Waals surface area (Å²) in [6, 6.07) is 0. The summed E-state index contributed by atoms with van der Waals surface area (Å²) in [5, 5.41) is 0. The smallest absolute Gasteiger partial charge is 0.244 e. The van der Waals surface area contributed by atoms with Crippen LogP contribution in [0.15, 0.2) is 11.6 Å². The molecule has 0 saturated carbocycles. The molecule has 0 aliphatic carbocycles. The fraction of sp³-hybridized carbons (Fsp3) is 0. The minimum absolute atomic E-state index is 0. The second-order valence-electron chi connectivity index (χ2n) is 0.362. The van der Waals surface area contributed by atoms with Crippen molar-refractivity contribution in [2.24, 2.45) is 0 Å². The normalized spacial score (nSPS) is 7.40. The predicted octanol–water partition coefficient (Wildman–Crippen LogP) is -1.42. The van der Waals surface area contributed by atoms with Crippen LogP contribution in [0.4, 0.5) is 0 Å². The molecule has 0 N–H and O–H groups in total. The van der Waals surface area contributed by atoms with E-state index >= 15 is 0 Å². The Bertz CT molecular complexity index is 22.1. The van der Waals surface area contributed by atoms with Crippen molar-refractivity contribution in [2.45, 2.75) is 0 Å². The van der Waals surface area contributed by atoms with Gasteiger partial charge in [0.15, 0.2) is 0 Å². The summed E-state index contributed by atoms with van der Waals surface area (Å²) in [5.74, 6) is 0. The minimum Gasteiger partial charge on any atom is -0.244 e. The fourth-order valence-corrected chi connectivity index (χ4v) is 0. The van der Waals surface area contributed by atoms with Gasteiger partial charge in [-0.25, -0.2) is 24.6 Å². The van der Waals surface area contributed by atoms with Crippen molar-refractivity contribution in [1.29, 1.82) is 0 Å². The maximum atomic E-state index is 4.94. The van der Waals surface area contributed by atoms with Gasteiger partial charge in [0.2, 0.25) is 0 Å². The SMILES string of the molecule is [CH2-]/C=C/Cl.[Li+]. The molecule has 0 bridgehead atoms. The van der Waals surface area contributed by atoms with Crippen LogP contribution in [-0.4, -0.2) is 0 Å². The molecule has 0 rings (SSSR count). The van der Waals surface area contributed by atoms with E-state index in [1.165, 1.54) is 11.6 Å². The molecule has 0 amide bonds. The first kappa shape index (κ1) is 9.09. The molecule has 0 saturated heterocycles. The molecule has 5 heavy (non-hydrogen) atoms. The molecular weight excluding hydrogens is 78.4 g/mol. The van der Waals surface area contributed by atoms with Crippen molar-refractivity contribution in [2.75, 3.05) is 0 Å². The van der Waals surface area contributed by atoms with Gasteiger partial charge in [0.05, 0.1) is 0 Å². The topological polar surface area (TPSA) is 0 Å². The van der Waals surface area contributed by atoms with Crippen molar-refractivity contribution in [3.05, 3.63) is 18.5 Å². The van der Waals surface area contributed by atoms with Crippen LogP contribution >= 0.6 is 11.6 Å². The molecule has 2 heteroatoms. The summed E-state index contributed by atoms with van der Waals surface area (Å²) in [7, 11) is 0. The molecule has 24 valence electrons. The van der Waals surface area contributed by atoms with Gasteiger partial charge in [0.1, 0.15) is 0 Å². The molecule has 0 spiro atoms. The quantitative estimate of drug-likeness (QED) is 0.249. The van der Waals surface area contributed by atoms with Gasteiger partial charge in [-0.15, -0.1) is 5.54 Å². The Morgan fingerprint density at radius 1 is 1.60 bits per heavy atom. The van der Waals surface area contributed by atoms with Crippen LogP contribution in [0.2, 0.25) is 0 Å². The Balaban J connectivity index is 0. The van der Waals surface area contributed by atoms with Crippen molar-refractivity contribution < 1.29 is 18.9 Å². The van der Waals surface area contributed by atoms with Crippen molar-refractivity contribution in [1.82, 2.24) is 0 Å². The molecule has 0 nitrogen and oxygen atoms in total. The van der Waals surface area contributed by atoms with E-state index in [2.05, 4.69) is 6.92 Å². The zero-order valence-electron chi connectivity index (χ0n) is 3.24. The zero-order valence-corrected chi connectivity index (χ0v) is 4.00. The largest absolute Gasteiger partial charge is 1.00 e. The summed E-state index contributed by atoms with van der Waals surface area (Å²) < 4.78 is 0. The monoisotopic (exact) mass is 82.0 g/mol. The predicted molar refractivity (Wildman–Crippen MR) is 20.3 cm³/mol. The molecule has 0 radical (unpaired) electrons. The third kappa shape index (κ3) is 12.5. The van der Waals surface area contributed by atoms with Gasteiger partial charge in [-0.2, -0.15) is 0 Å². The Hall–Kier alpha value is 0.497. The van der Waals surface area contributed by atoms with Gasteiger partial charge < -0.3 is 0 Å². The second kappa shape index (κ2) is 8.82. The number of hydrogen-bond acceptors (Lipinski definition) is 0. The van der Waals surface area contributed by atoms with Crippen LogP contribution in [0.3, 0.4) is 0 Å². The van der Waals surface area contributed by atoms with E-state index in [0.29, 0.717) is 0 Å². The first-order valence-electron chi connectivity index (χ1n) is 0.960. The van der Waals surface area contributed by atoms with E-state index in [0.717, 1.165) is 0 Å². The summed E-state index contributed by atoms with van der Waals surface area (Å²) in [6.07, 6.45) is 1.52. The Labute approximate surface area is 49.4 Å². The van der Waals surface area contributed by atoms with Crippen molar-refractivity contribution in [3.63, 3.8) is 0 Å². The van der Waals surface area contributed by atoms with Crippen LogP contribution in [-0.2, 0) is 0 Å². The van der Waals surface area contributed by atoms with Crippen LogP contribution in [0.1, 0.15) is 0 Å². The van der Waals surface area contributed by atoms with Crippen LogP contribution in [0.25, 0.3) is 0 Å². The molecular formula is C3H4ClLi. The standard InChI is InChI=1S/C3H4Cl.Li/c1-2-3-4;/h2-3H,1H2;/q-1;+1/b3-2+;. The Kier molecular flexibility index (Phi) is 16.0. The van der Waals surface area contributed by atoms with Crippen LogP contribution in [0.5, 0.6) is 0 Å². The van der Waals surface area contributed by atoms with Crippen molar-refractivity contribution in [3.8, 4) is 0 Å². The number of rotatable bonds is 0. The molecule has 0 aromatic carbocycles. The average Bonchev–Trinajstić information content (AvgIpc) is 1.37. The zero-order chi connectivity index (χ0) is 3.41. The first-order valence-corrected chi connectivity index (χ1v) is 1.40. The molecule has 0 unspecified atom stereocenters. The van der Waals surface area contributed by atoms with Gasteiger partial charge in [-0.1, -0.05) is 0 Å². The molecule has 0 aliphatic rings. The van der Waals surface area contributed by atoms with E-state index in [4.69, 9.17) is 11.6 Å². The van der Waals surface area contributed by atoms with Crippen LogP contribution < -0.4 is 18.9 Å². The third-order valence-electron chi connectivity index (χ3n) is 0.0891. The number of allylic oxidation sites excluding steroid dienone is 1. The van der Waals surface area contributed by atoms with Gasteiger partial charge in [-0.05, 0) is 0 Å². The molecule has 0 fully saturated rings. The minimum atomic E-state index is 0. The summed E-state index contributed by atoms with van der Waals surface area (Å²) in [4.78, 5) is 0. The van der Waals surface area contributed by atoms with Crippen LogP contribution in [0, 0.1) is 6.92 Å². The summed E-state index contributed by atoms with van der Waals surface area (Å²) in [5.41, 5.74) is 1.36. The third-order valence-corrected chi connectivity index (χ3v) is 0.267. The molecule has 0 aliphatic heterocycles. The first-order chi connectivity index (χ1) is 1.91. The molecule has 0 atom stereocenters. The number of hydrogen-bond donors (Lipinski definition) is 0. The van der Waals surface area contributed by atoms with E-state index in [-0.39, 0.29) is 18.9 Å². The Morgan fingerprint density at radius 3 is 1.80 bits per heavy atom. The van der Waals surface area contributed by atoms with E-state index in [1.54, 1.807) is 0 Å². The van der Waals surface area contributed by atoms with Gasteiger partial charge in [0.25, 0.3) is 0 Å². The fourth-order valence-electron chi connectivity index (χ4n) is 0. The van der Waals surface area contributed by atoms with Gasteiger partial charge >= 0.3 is 18.9 Å². The Morgan fingerprint density at radius 2 is 1.80 bits per heavy atom. The van der Waals surface area contributed by atoms with Gasteiger partial charge in [-0.3, -0.25) is 0 Å². The molecule has 0 aromatic rings. The van der Waals surface area contributed by atoms with E-state index in [1.807, 2.05) is 0 Å². The molecule has 0 aromatic heterocycles. The molecule has 0 heterocycles. The summed E-state index contributed by atoms with van der Waals surface area (Å²) >= 11 is 4.94. The average molecular weight is 82.5 g/mol.